The molecule has 1 aromatic carbocycles. The number of hydrogen-bond acceptors (Lipinski definition) is 2. The van der Waals surface area contributed by atoms with Gasteiger partial charge in [0.2, 0.25) is 5.91 Å². The van der Waals surface area contributed by atoms with Gasteiger partial charge in [0.05, 0.1) is 5.41 Å². The zero-order chi connectivity index (χ0) is 20.2. The first-order chi connectivity index (χ1) is 13.9. The summed E-state index contributed by atoms with van der Waals surface area (Å²) in [7, 11) is 0. The molecule has 6 rings (SSSR count). The minimum Gasteiger partial charge on any atom is -0.351 e. The highest BCUT2D eigenvalue weighted by Crippen LogP contribution is 2.66. The molecule has 3 amide bonds. The number of rotatable bonds is 2. The van der Waals surface area contributed by atoms with Crippen LogP contribution in [-0.2, 0) is 10.2 Å². The smallest absolute Gasteiger partial charge is 0.314 e. The number of nitrogens with zero attached hydrogens (tertiary/aromatic N) is 2. The maximum atomic E-state index is 13.9. The van der Waals surface area contributed by atoms with Crippen LogP contribution in [0.15, 0.2) is 24.3 Å². The molecular weight excluding hydrogens is 362 g/mol. The number of urea groups is 1. The molecule has 5 nitrogen and oxygen atoms in total. The zero-order valence-electron chi connectivity index (χ0n) is 17.5. The molecule has 2 N–H and O–H groups in total. The Morgan fingerprint density at radius 1 is 0.931 bits per heavy atom. The molecule has 4 saturated carbocycles. The van der Waals surface area contributed by atoms with Crippen molar-refractivity contribution in [3.8, 4) is 0 Å². The summed E-state index contributed by atoms with van der Waals surface area (Å²) in [5, 5.41) is 0. The maximum absolute atomic E-state index is 13.9. The van der Waals surface area contributed by atoms with E-state index in [4.69, 9.17) is 5.73 Å². The Labute approximate surface area is 173 Å². The Morgan fingerprint density at radius 2 is 1.55 bits per heavy atom. The number of carbonyl (C=O) groups is 2. The van der Waals surface area contributed by atoms with Gasteiger partial charge in [-0.25, -0.2) is 4.79 Å². The topological polar surface area (TPSA) is 66.6 Å². The van der Waals surface area contributed by atoms with Crippen LogP contribution in [0, 0.1) is 24.2 Å². The number of hydrogen-bond donors (Lipinski definition) is 1. The maximum Gasteiger partial charge on any atom is 0.314 e. The highest BCUT2D eigenvalue weighted by Gasteiger charge is 2.61. The molecule has 2 atom stereocenters. The van der Waals surface area contributed by atoms with E-state index in [0.29, 0.717) is 37.4 Å². The molecule has 0 spiro atoms. The number of carbonyl (C=O) groups excluding carboxylic acids is 2. The number of nitrogens with two attached hydrogens (primary N) is 1. The Hall–Kier alpha value is -2.04. The van der Waals surface area contributed by atoms with Crippen molar-refractivity contribution in [2.45, 2.75) is 57.3 Å². The van der Waals surface area contributed by atoms with Crippen molar-refractivity contribution in [1.29, 1.82) is 0 Å². The second kappa shape index (κ2) is 6.75. The largest absolute Gasteiger partial charge is 0.351 e. The SMILES string of the molecule is Cc1ccc(C23CC4CC(CC(C(=O)N5CCCN(C(N)=O)CC5)(C4)C2)C3)cc1. The lowest BCUT2D eigenvalue weighted by atomic mass is 9.42. The van der Waals surface area contributed by atoms with Crippen molar-refractivity contribution in [1.82, 2.24) is 9.80 Å². The summed E-state index contributed by atoms with van der Waals surface area (Å²) in [5.74, 6) is 1.71. The lowest BCUT2D eigenvalue weighted by molar-refractivity contribution is -0.160. The predicted molar refractivity (Wildman–Crippen MR) is 112 cm³/mol. The van der Waals surface area contributed by atoms with E-state index in [2.05, 4.69) is 36.1 Å². The van der Waals surface area contributed by atoms with Gasteiger partial charge < -0.3 is 15.5 Å². The summed E-state index contributed by atoms with van der Waals surface area (Å²) in [6.07, 6.45) is 7.75. The molecule has 0 aromatic heterocycles. The van der Waals surface area contributed by atoms with Crippen LogP contribution in [-0.4, -0.2) is 47.9 Å². The van der Waals surface area contributed by atoms with E-state index in [1.165, 1.54) is 30.4 Å². The second-order valence-corrected chi connectivity index (χ2v) is 10.4. The predicted octanol–water partition coefficient (Wildman–Crippen LogP) is 3.45. The van der Waals surface area contributed by atoms with Crippen LogP contribution in [0.1, 0.15) is 56.1 Å². The quantitative estimate of drug-likeness (QED) is 0.833. The molecule has 5 heteroatoms. The van der Waals surface area contributed by atoms with Crippen LogP contribution in [0.3, 0.4) is 0 Å². The van der Waals surface area contributed by atoms with E-state index in [-0.39, 0.29) is 16.9 Å². The van der Waals surface area contributed by atoms with Gasteiger partial charge >= 0.3 is 6.03 Å². The van der Waals surface area contributed by atoms with E-state index >= 15 is 0 Å². The molecule has 0 radical (unpaired) electrons. The van der Waals surface area contributed by atoms with Crippen molar-refractivity contribution in [2.75, 3.05) is 26.2 Å². The van der Waals surface area contributed by atoms with Crippen molar-refractivity contribution >= 4 is 11.9 Å². The summed E-state index contributed by atoms with van der Waals surface area (Å²) in [6.45, 7) is 4.73. The van der Waals surface area contributed by atoms with Gasteiger partial charge in [0.15, 0.2) is 0 Å². The van der Waals surface area contributed by atoms with Gasteiger partial charge in [0.1, 0.15) is 0 Å². The fourth-order valence-electron chi connectivity index (χ4n) is 7.43. The summed E-state index contributed by atoms with van der Waals surface area (Å²) in [5.41, 5.74) is 8.21. The van der Waals surface area contributed by atoms with Crippen molar-refractivity contribution in [2.24, 2.45) is 23.0 Å². The van der Waals surface area contributed by atoms with Crippen LogP contribution in [0.25, 0.3) is 0 Å². The first-order valence-corrected chi connectivity index (χ1v) is 11.3. The normalized spacial score (nSPS) is 36.2. The third-order valence-electron chi connectivity index (χ3n) is 8.27. The summed E-state index contributed by atoms with van der Waals surface area (Å²) in [6, 6.07) is 8.73. The van der Waals surface area contributed by atoms with Crippen molar-refractivity contribution in [3.05, 3.63) is 35.4 Å². The molecule has 1 aliphatic heterocycles. The Kier molecular flexibility index (Phi) is 4.41. The van der Waals surface area contributed by atoms with Gasteiger partial charge in [0, 0.05) is 26.2 Å². The first-order valence-electron chi connectivity index (χ1n) is 11.3. The number of amides is 3. The van der Waals surface area contributed by atoms with E-state index in [1.54, 1.807) is 4.90 Å². The van der Waals surface area contributed by atoms with Crippen molar-refractivity contribution < 1.29 is 9.59 Å². The summed E-state index contributed by atoms with van der Waals surface area (Å²) in [4.78, 5) is 29.2. The Balaban J connectivity index is 1.42. The molecule has 29 heavy (non-hydrogen) atoms. The van der Waals surface area contributed by atoms with Gasteiger partial charge in [-0.3, -0.25) is 4.79 Å². The van der Waals surface area contributed by atoms with E-state index in [0.717, 1.165) is 32.2 Å². The summed E-state index contributed by atoms with van der Waals surface area (Å²) < 4.78 is 0. The third kappa shape index (κ3) is 3.13. The van der Waals surface area contributed by atoms with Gasteiger partial charge in [-0.05, 0) is 74.7 Å². The average molecular weight is 396 g/mol. The average Bonchev–Trinajstić information content (AvgIpc) is 2.93. The van der Waals surface area contributed by atoms with Crippen molar-refractivity contribution in [3.63, 3.8) is 0 Å². The fourth-order valence-corrected chi connectivity index (χ4v) is 7.43. The molecule has 1 saturated heterocycles. The standard InChI is InChI=1S/C24H33N3O2/c1-17-3-5-20(6-4-17)23-12-18-11-19(13-23)15-24(14-18,16-23)21(28)26-7-2-8-27(10-9-26)22(25)29/h3-6,18-19H,2,7-16H2,1H3,(H2,25,29). The third-order valence-corrected chi connectivity index (χ3v) is 8.27. The zero-order valence-corrected chi connectivity index (χ0v) is 17.5. The van der Waals surface area contributed by atoms with Gasteiger partial charge in [-0.1, -0.05) is 29.8 Å². The number of primary amides is 1. The molecule has 4 aliphatic carbocycles. The molecular formula is C24H33N3O2. The summed E-state index contributed by atoms with van der Waals surface area (Å²) >= 11 is 0. The van der Waals surface area contributed by atoms with Gasteiger partial charge in [0.25, 0.3) is 0 Å². The lowest BCUT2D eigenvalue weighted by Crippen LogP contribution is -2.59. The minimum absolute atomic E-state index is 0.179. The van der Waals surface area contributed by atoms with Crippen LogP contribution in [0.2, 0.25) is 0 Å². The first kappa shape index (κ1) is 19.0. The minimum atomic E-state index is -0.368. The lowest BCUT2D eigenvalue weighted by Gasteiger charge is -2.62. The monoisotopic (exact) mass is 395 g/mol. The molecule has 5 fully saturated rings. The fraction of sp³-hybridized carbons (Fsp3) is 0.667. The molecule has 4 bridgehead atoms. The molecule has 1 heterocycles. The molecule has 1 aromatic rings. The van der Waals surface area contributed by atoms with E-state index in [9.17, 15) is 9.59 Å². The second-order valence-electron chi connectivity index (χ2n) is 10.4. The van der Waals surface area contributed by atoms with Gasteiger partial charge in [-0.2, -0.15) is 0 Å². The highest BCUT2D eigenvalue weighted by atomic mass is 16.2. The molecule has 5 aliphatic rings. The number of aryl methyl sites for hydroxylation is 1. The van der Waals surface area contributed by atoms with E-state index in [1.807, 2.05) is 0 Å². The molecule has 156 valence electrons. The highest BCUT2D eigenvalue weighted by molar-refractivity contribution is 5.84. The van der Waals surface area contributed by atoms with Gasteiger partial charge in [-0.15, -0.1) is 0 Å². The van der Waals surface area contributed by atoms with E-state index < -0.39 is 0 Å². The van der Waals surface area contributed by atoms with Crippen LogP contribution in [0.4, 0.5) is 4.79 Å². The Morgan fingerprint density at radius 3 is 2.21 bits per heavy atom. The van der Waals surface area contributed by atoms with Crippen LogP contribution < -0.4 is 5.73 Å². The van der Waals surface area contributed by atoms with Crippen LogP contribution in [0.5, 0.6) is 0 Å². The van der Waals surface area contributed by atoms with Crippen LogP contribution >= 0.6 is 0 Å². The number of benzene rings is 1. The Bertz CT molecular complexity index is 804. The molecule has 2 unspecified atom stereocenters.